The summed E-state index contributed by atoms with van der Waals surface area (Å²) in [6.45, 7) is 2.16. The van der Waals surface area contributed by atoms with Crippen LogP contribution in [0.3, 0.4) is 0 Å². The molecule has 1 atom stereocenters. The van der Waals surface area contributed by atoms with Gasteiger partial charge < -0.3 is 13.9 Å². The number of para-hydroxylation sites is 1. The van der Waals surface area contributed by atoms with E-state index in [9.17, 15) is 0 Å². The topological polar surface area (TPSA) is 92.5 Å². The molecule has 0 amide bonds. The third-order valence-corrected chi connectivity index (χ3v) is 6.53. The Labute approximate surface area is 215 Å². The first-order valence-electron chi connectivity index (χ1n) is 11.6. The van der Waals surface area contributed by atoms with E-state index >= 15 is 0 Å². The van der Waals surface area contributed by atoms with Gasteiger partial charge in [0.2, 0.25) is 11.8 Å². The highest BCUT2D eigenvalue weighted by molar-refractivity contribution is 6.30. The first kappa shape index (κ1) is 21.6. The molecule has 0 radical (unpaired) electrons. The molecule has 182 valence electrons. The van der Waals surface area contributed by atoms with Crippen molar-refractivity contribution >= 4 is 17.2 Å². The van der Waals surface area contributed by atoms with E-state index in [1.165, 1.54) is 0 Å². The highest BCUT2D eigenvalue weighted by atomic mass is 35.5. The van der Waals surface area contributed by atoms with Crippen LogP contribution in [0.5, 0.6) is 17.5 Å². The smallest absolute Gasteiger partial charge is 0.230 e. The second-order valence-corrected chi connectivity index (χ2v) is 9.04. The van der Waals surface area contributed by atoms with Gasteiger partial charge in [-0.2, -0.15) is 5.10 Å². The van der Waals surface area contributed by atoms with E-state index < -0.39 is 0 Å². The third-order valence-electron chi connectivity index (χ3n) is 6.27. The van der Waals surface area contributed by atoms with Crippen molar-refractivity contribution in [3.05, 3.63) is 113 Å². The van der Waals surface area contributed by atoms with Gasteiger partial charge in [-0.25, -0.2) is 19.2 Å². The lowest BCUT2D eigenvalue weighted by Crippen LogP contribution is -2.15. The van der Waals surface area contributed by atoms with Crippen LogP contribution in [-0.4, -0.2) is 29.4 Å². The van der Waals surface area contributed by atoms with Gasteiger partial charge in [-0.1, -0.05) is 29.8 Å². The number of aromatic nitrogens is 6. The number of hydrogen-bond donors (Lipinski definition) is 0. The van der Waals surface area contributed by atoms with Gasteiger partial charge in [0, 0.05) is 5.02 Å². The van der Waals surface area contributed by atoms with Crippen molar-refractivity contribution in [3.63, 3.8) is 0 Å². The number of rotatable bonds is 5. The fraction of sp³-hybridized carbons (Fsp3) is 0.111. The number of benzene rings is 2. The second kappa shape index (κ2) is 8.49. The fourth-order valence-corrected chi connectivity index (χ4v) is 4.77. The fourth-order valence-electron chi connectivity index (χ4n) is 4.65. The van der Waals surface area contributed by atoms with Gasteiger partial charge >= 0.3 is 0 Å². The SMILES string of the molecule is Cc1nn(-c2ccc(Cl)cc2)c2c1[C@@H](c1ccco1)c1c(ncn3nc(COc4ccccc4)nc13)O2. The molecule has 5 heterocycles. The summed E-state index contributed by atoms with van der Waals surface area (Å²) in [6.07, 6.45) is 3.24. The maximum Gasteiger partial charge on any atom is 0.230 e. The zero-order chi connectivity index (χ0) is 24.9. The van der Waals surface area contributed by atoms with Crippen LogP contribution in [0.15, 0.2) is 83.7 Å². The standard InChI is InChI=1S/C27H19ClN6O3/c1-16-22-23(20-8-5-13-35-20)24-25-30-21(14-36-19-6-3-2-4-7-19)32-33(25)15-29-26(24)37-27(22)34(31-16)18-11-9-17(28)10-12-18/h2-13,15,23H,14H2,1H3/t23-/m1/s1. The van der Waals surface area contributed by atoms with E-state index in [0.717, 1.165) is 34.0 Å². The van der Waals surface area contributed by atoms with Crippen LogP contribution < -0.4 is 9.47 Å². The largest absolute Gasteiger partial charge is 0.486 e. The van der Waals surface area contributed by atoms with E-state index in [2.05, 4.69) is 10.1 Å². The monoisotopic (exact) mass is 510 g/mol. The molecule has 0 fully saturated rings. The summed E-state index contributed by atoms with van der Waals surface area (Å²) >= 11 is 6.11. The lowest BCUT2D eigenvalue weighted by atomic mass is 9.88. The number of aryl methyl sites for hydroxylation is 1. The van der Waals surface area contributed by atoms with Crippen LogP contribution >= 0.6 is 11.6 Å². The number of nitrogens with zero attached hydrogens (tertiary/aromatic N) is 6. The molecule has 0 saturated heterocycles. The molecule has 0 bridgehead atoms. The molecule has 37 heavy (non-hydrogen) atoms. The van der Waals surface area contributed by atoms with Crippen LogP contribution in [-0.2, 0) is 6.61 Å². The summed E-state index contributed by atoms with van der Waals surface area (Å²) in [6, 6.07) is 20.8. The minimum atomic E-state index is -0.349. The summed E-state index contributed by atoms with van der Waals surface area (Å²) in [4.78, 5) is 9.39. The van der Waals surface area contributed by atoms with Gasteiger partial charge in [0.05, 0.1) is 34.7 Å². The average molecular weight is 511 g/mol. The molecule has 9 nitrogen and oxygen atoms in total. The number of furan rings is 1. The summed E-state index contributed by atoms with van der Waals surface area (Å²) in [5, 5.41) is 10.0. The van der Waals surface area contributed by atoms with E-state index in [-0.39, 0.29) is 12.5 Å². The van der Waals surface area contributed by atoms with E-state index in [1.807, 2.05) is 73.7 Å². The summed E-state index contributed by atoms with van der Waals surface area (Å²) in [5.74, 6) is 2.63. The van der Waals surface area contributed by atoms with Gasteiger partial charge in [-0.3, -0.25) is 0 Å². The first-order chi connectivity index (χ1) is 18.2. The highest BCUT2D eigenvalue weighted by Crippen LogP contribution is 2.49. The predicted octanol–water partition coefficient (Wildman–Crippen LogP) is 5.73. The highest BCUT2D eigenvalue weighted by Gasteiger charge is 2.39. The van der Waals surface area contributed by atoms with Crippen molar-refractivity contribution < 1.29 is 13.9 Å². The maximum absolute atomic E-state index is 6.39. The van der Waals surface area contributed by atoms with Crippen molar-refractivity contribution in [1.82, 2.24) is 29.4 Å². The zero-order valence-corrected chi connectivity index (χ0v) is 20.3. The van der Waals surface area contributed by atoms with E-state index in [1.54, 1.807) is 21.8 Å². The molecule has 0 aliphatic carbocycles. The molecule has 0 saturated carbocycles. The van der Waals surface area contributed by atoms with Crippen LogP contribution in [0.1, 0.15) is 34.3 Å². The molecule has 0 spiro atoms. The van der Waals surface area contributed by atoms with Gasteiger partial charge in [0.25, 0.3) is 0 Å². The minimum absolute atomic E-state index is 0.214. The van der Waals surface area contributed by atoms with E-state index in [0.29, 0.717) is 28.3 Å². The van der Waals surface area contributed by atoms with Crippen LogP contribution in [0.25, 0.3) is 11.3 Å². The Balaban J connectivity index is 1.36. The van der Waals surface area contributed by atoms with Crippen molar-refractivity contribution in [3.8, 4) is 23.2 Å². The Morgan fingerprint density at radius 1 is 0.973 bits per heavy atom. The normalized spacial score (nSPS) is 14.3. The Kier molecular flexibility index (Phi) is 4.97. The number of fused-ring (bicyclic) bond motifs is 4. The lowest BCUT2D eigenvalue weighted by Gasteiger charge is -2.24. The maximum atomic E-state index is 6.39. The van der Waals surface area contributed by atoms with Crippen molar-refractivity contribution in [1.29, 1.82) is 0 Å². The average Bonchev–Trinajstić information content (AvgIpc) is 3.67. The Morgan fingerprint density at radius 2 is 1.81 bits per heavy atom. The molecule has 7 rings (SSSR count). The summed E-state index contributed by atoms with van der Waals surface area (Å²) < 4.78 is 21.6. The van der Waals surface area contributed by atoms with Crippen LogP contribution in [0, 0.1) is 6.92 Å². The molecule has 0 unspecified atom stereocenters. The second-order valence-electron chi connectivity index (χ2n) is 8.60. The van der Waals surface area contributed by atoms with Crippen LogP contribution in [0.4, 0.5) is 0 Å². The number of hydrogen-bond acceptors (Lipinski definition) is 7. The van der Waals surface area contributed by atoms with Crippen LogP contribution in [0.2, 0.25) is 5.02 Å². The Hall–Kier alpha value is -4.63. The molecule has 4 aromatic heterocycles. The predicted molar refractivity (Wildman–Crippen MR) is 135 cm³/mol. The molecular weight excluding hydrogens is 492 g/mol. The molecule has 1 aliphatic rings. The summed E-state index contributed by atoms with van der Waals surface area (Å²) in [5.41, 5.74) is 3.85. The quantitative estimate of drug-likeness (QED) is 0.292. The van der Waals surface area contributed by atoms with Crippen molar-refractivity contribution in [2.24, 2.45) is 0 Å². The lowest BCUT2D eigenvalue weighted by molar-refractivity contribution is 0.296. The van der Waals surface area contributed by atoms with Gasteiger partial charge in [-0.15, -0.1) is 5.10 Å². The molecule has 6 aromatic rings. The molecule has 1 aliphatic heterocycles. The first-order valence-corrected chi connectivity index (χ1v) is 12.0. The van der Waals surface area contributed by atoms with Gasteiger partial charge in [0.1, 0.15) is 24.4 Å². The van der Waals surface area contributed by atoms with E-state index in [4.69, 9.17) is 35.6 Å². The molecular formula is C27H19ClN6O3. The van der Waals surface area contributed by atoms with Gasteiger partial charge in [0.15, 0.2) is 11.5 Å². The van der Waals surface area contributed by atoms with Crippen molar-refractivity contribution in [2.45, 2.75) is 19.4 Å². The van der Waals surface area contributed by atoms with Gasteiger partial charge in [-0.05, 0) is 55.5 Å². The molecule has 10 heteroatoms. The minimum Gasteiger partial charge on any atom is -0.486 e. The number of ether oxygens (including phenoxy) is 2. The Morgan fingerprint density at radius 3 is 2.59 bits per heavy atom. The zero-order valence-electron chi connectivity index (χ0n) is 19.6. The summed E-state index contributed by atoms with van der Waals surface area (Å²) in [7, 11) is 0. The van der Waals surface area contributed by atoms with Crippen molar-refractivity contribution in [2.75, 3.05) is 0 Å². The Bertz CT molecular complexity index is 1730. The third kappa shape index (κ3) is 3.63. The molecule has 2 aromatic carbocycles. The number of halogens is 1. The molecule has 0 N–H and O–H groups in total.